The Morgan fingerprint density at radius 3 is 2.56 bits per heavy atom. The molecular formula is C11H6N2O2S. The summed E-state index contributed by atoms with van der Waals surface area (Å²) >= 11 is 1.27. The number of benzene rings is 1. The van der Waals surface area contributed by atoms with Crippen molar-refractivity contribution < 1.29 is 9.90 Å². The van der Waals surface area contributed by atoms with Crippen molar-refractivity contribution in [2.75, 3.05) is 0 Å². The van der Waals surface area contributed by atoms with Gasteiger partial charge in [-0.25, -0.2) is 9.78 Å². The van der Waals surface area contributed by atoms with Crippen LogP contribution in [-0.2, 0) is 0 Å². The summed E-state index contributed by atoms with van der Waals surface area (Å²) in [5.74, 6) is -1.03. The summed E-state index contributed by atoms with van der Waals surface area (Å²) in [6.45, 7) is 0. The molecule has 1 aromatic heterocycles. The van der Waals surface area contributed by atoms with Crippen LogP contribution < -0.4 is 0 Å². The van der Waals surface area contributed by atoms with E-state index in [4.69, 9.17) is 10.4 Å². The Hall–Kier alpha value is -2.19. The average molecular weight is 230 g/mol. The fourth-order valence-corrected chi connectivity index (χ4v) is 1.99. The lowest BCUT2D eigenvalue weighted by atomic mass is 10.1. The molecule has 16 heavy (non-hydrogen) atoms. The molecule has 2 aromatic rings. The van der Waals surface area contributed by atoms with Crippen molar-refractivity contribution in [3.05, 3.63) is 40.9 Å². The van der Waals surface area contributed by atoms with Crippen LogP contribution in [0.1, 0.15) is 16.1 Å². The molecule has 78 valence electrons. The zero-order valence-electron chi connectivity index (χ0n) is 8.04. The van der Waals surface area contributed by atoms with Crippen molar-refractivity contribution in [2.45, 2.75) is 0 Å². The highest BCUT2D eigenvalue weighted by Gasteiger charge is 2.09. The average Bonchev–Trinajstić information content (AvgIpc) is 2.78. The molecule has 0 bridgehead atoms. The van der Waals surface area contributed by atoms with Gasteiger partial charge in [0.1, 0.15) is 5.01 Å². The van der Waals surface area contributed by atoms with Gasteiger partial charge in [0.15, 0.2) is 5.69 Å². The number of hydrogen-bond donors (Lipinski definition) is 1. The summed E-state index contributed by atoms with van der Waals surface area (Å²) in [6, 6.07) is 8.88. The summed E-state index contributed by atoms with van der Waals surface area (Å²) < 4.78 is 0. The highest BCUT2D eigenvalue weighted by atomic mass is 32.1. The summed E-state index contributed by atoms with van der Waals surface area (Å²) in [5, 5.41) is 19.5. The first kappa shape index (κ1) is 10.3. The first-order valence-corrected chi connectivity index (χ1v) is 5.28. The van der Waals surface area contributed by atoms with E-state index in [2.05, 4.69) is 4.98 Å². The van der Waals surface area contributed by atoms with Gasteiger partial charge in [0, 0.05) is 10.9 Å². The third-order valence-electron chi connectivity index (χ3n) is 1.98. The van der Waals surface area contributed by atoms with Crippen LogP contribution in [0.2, 0.25) is 0 Å². The number of nitrogens with zero attached hydrogens (tertiary/aromatic N) is 2. The molecule has 0 saturated carbocycles. The molecular weight excluding hydrogens is 224 g/mol. The van der Waals surface area contributed by atoms with Crippen LogP contribution in [0.25, 0.3) is 10.6 Å². The molecule has 1 heterocycles. The van der Waals surface area contributed by atoms with Gasteiger partial charge in [-0.3, -0.25) is 0 Å². The number of nitriles is 1. The second-order valence-electron chi connectivity index (χ2n) is 3.03. The fourth-order valence-electron chi connectivity index (χ4n) is 1.19. The quantitative estimate of drug-likeness (QED) is 0.859. The minimum Gasteiger partial charge on any atom is -0.476 e. The number of hydrogen-bond acceptors (Lipinski definition) is 4. The number of aromatic nitrogens is 1. The van der Waals surface area contributed by atoms with Gasteiger partial charge in [-0.15, -0.1) is 11.3 Å². The van der Waals surface area contributed by atoms with Crippen LogP contribution in [0.3, 0.4) is 0 Å². The molecule has 0 fully saturated rings. The number of rotatable bonds is 2. The summed E-state index contributed by atoms with van der Waals surface area (Å²) in [4.78, 5) is 14.6. The third kappa shape index (κ3) is 1.92. The molecule has 4 nitrogen and oxygen atoms in total. The standard InChI is InChI=1S/C11H6N2O2S/c12-5-7-1-3-8(4-2-7)10-13-9(6-16-10)11(14)15/h1-4,6H,(H,14,15). The van der Waals surface area contributed by atoms with Crippen LogP contribution in [-0.4, -0.2) is 16.1 Å². The van der Waals surface area contributed by atoms with E-state index in [9.17, 15) is 4.79 Å². The number of carboxylic acids is 1. The molecule has 0 unspecified atom stereocenters. The lowest BCUT2D eigenvalue weighted by molar-refractivity contribution is 0.0691. The number of carbonyl (C=O) groups is 1. The van der Waals surface area contributed by atoms with E-state index in [0.29, 0.717) is 10.6 Å². The summed E-state index contributed by atoms with van der Waals surface area (Å²) in [6.07, 6.45) is 0. The van der Waals surface area contributed by atoms with Gasteiger partial charge < -0.3 is 5.11 Å². The second kappa shape index (κ2) is 4.13. The van der Waals surface area contributed by atoms with E-state index < -0.39 is 5.97 Å². The predicted molar refractivity (Wildman–Crippen MR) is 59.2 cm³/mol. The monoisotopic (exact) mass is 230 g/mol. The molecule has 5 heteroatoms. The van der Waals surface area contributed by atoms with E-state index in [0.717, 1.165) is 5.56 Å². The molecule has 1 aromatic carbocycles. The molecule has 2 rings (SSSR count). The number of aromatic carboxylic acids is 1. The fraction of sp³-hybridized carbons (Fsp3) is 0. The minimum atomic E-state index is -1.03. The Morgan fingerprint density at radius 2 is 2.06 bits per heavy atom. The molecule has 0 saturated heterocycles. The summed E-state index contributed by atoms with van der Waals surface area (Å²) in [7, 11) is 0. The molecule has 0 radical (unpaired) electrons. The van der Waals surface area contributed by atoms with Gasteiger partial charge in [0.05, 0.1) is 11.6 Å². The Labute approximate surface area is 95.4 Å². The first-order chi connectivity index (χ1) is 7.70. The molecule has 0 aliphatic carbocycles. The highest BCUT2D eigenvalue weighted by Crippen LogP contribution is 2.23. The van der Waals surface area contributed by atoms with E-state index >= 15 is 0 Å². The Morgan fingerprint density at radius 1 is 1.38 bits per heavy atom. The SMILES string of the molecule is N#Cc1ccc(-c2nc(C(=O)O)cs2)cc1. The topological polar surface area (TPSA) is 74.0 Å². The van der Waals surface area contributed by atoms with Crippen LogP contribution in [0.5, 0.6) is 0 Å². The normalized spacial score (nSPS) is 9.69. The lowest BCUT2D eigenvalue weighted by Crippen LogP contribution is -1.95. The predicted octanol–water partition coefficient (Wildman–Crippen LogP) is 2.38. The van der Waals surface area contributed by atoms with Crippen LogP contribution in [0, 0.1) is 11.3 Å². The third-order valence-corrected chi connectivity index (χ3v) is 2.88. The van der Waals surface area contributed by atoms with Gasteiger partial charge in [-0.05, 0) is 12.1 Å². The van der Waals surface area contributed by atoms with Crippen molar-refractivity contribution >= 4 is 17.3 Å². The van der Waals surface area contributed by atoms with Crippen LogP contribution in [0.15, 0.2) is 29.6 Å². The highest BCUT2D eigenvalue weighted by molar-refractivity contribution is 7.13. The molecule has 0 aliphatic rings. The van der Waals surface area contributed by atoms with Crippen molar-refractivity contribution in [1.29, 1.82) is 5.26 Å². The minimum absolute atomic E-state index is 0.0457. The molecule has 0 amide bonds. The first-order valence-electron chi connectivity index (χ1n) is 4.40. The Kier molecular flexibility index (Phi) is 2.66. The van der Waals surface area contributed by atoms with E-state index in [-0.39, 0.29) is 5.69 Å². The van der Waals surface area contributed by atoms with Crippen molar-refractivity contribution in [3.8, 4) is 16.6 Å². The van der Waals surface area contributed by atoms with E-state index in [1.807, 2.05) is 6.07 Å². The Balaban J connectivity index is 2.36. The van der Waals surface area contributed by atoms with Gasteiger partial charge in [0.25, 0.3) is 0 Å². The maximum atomic E-state index is 10.6. The maximum absolute atomic E-state index is 10.6. The van der Waals surface area contributed by atoms with Gasteiger partial charge >= 0.3 is 5.97 Å². The molecule has 0 spiro atoms. The van der Waals surface area contributed by atoms with Crippen molar-refractivity contribution in [1.82, 2.24) is 4.98 Å². The van der Waals surface area contributed by atoms with Crippen LogP contribution in [0.4, 0.5) is 0 Å². The van der Waals surface area contributed by atoms with Crippen LogP contribution >= 0.6 is 11.3 Å². The van der Waals surface area contributed by atoms with Gasteiger partial charge in [-0.1, -0.05) is 12.1 Å². The maximum Gasteiger partial charge on any atom is 0.355 e. The smallest absolute Gasteiger partial charge is 0.355 e. The number of carboxylic acid groups (broad SMARTS) is 1. The lowest BCUT2D eigenvalue weighted by Gasteiger charge is -1.94. The molecule has 0 aliphatic heterocycles. The largest absolute Gasteiger partial charge is 0.476 e. The molecule has 0 atom stereocenters. The van der Waals surface area contributed by atoms with Gasteiger partial charge in [-0.2, -0.15) is 5.26 Å². The van der Waals surface area contributed by atoms with E-state index in [1.54, 1.807) is 24.3 Å². The molecule has 1 N–H and O–H groups in total. The zero-order chi connectivity index (χ0) is 11.5. The van der Waals surface area contributed by atoms with Crippen molar-refractivity contribution in [2.24, 2.45) is 0 Å². The second-order valence-corrected chi connectivity index (χ2v) is 3.89. The van der Waals surface area contributed by atoms with E-state index in [1.165, 1.54) is 16.7 Å². The van der Waals surface area contributed by atoms with Crippen molar-refractivity contribution in [3.63, 3.8) is 0 Å². The van der Waals surface area contributed by atoms with Gasteiger partial charge in [0.2, 0.25) is 0 Å². The summed E-state index contributed by atoms with van der Waals surface area (Å²) in [5.41, 5.74) is 1.43. The number of thiazole rings is 1. The Bertz CT molecular complexity index is 566. The zero-order valence-corrected chi connectivity index (χ0v) is 8.86.